The van der Waals surface area contributed by atoms with Gasteiger partial charge in [0.05, 0.1) is 11.9 Å². The lowest BCUT2D eigenvalue weighted by molar-refractivity contribution is 0.0589. The first-order valence-corrected chi connectivity index (χ1v) is 9.12. The van der Waals surface area contributed by atoms with Gasteiger partial charge in [-0.05, 0) is 12.1 Å². The van der Waals surface area contributed by atoms with E-state index in [2.05, 4.69) is 15.2 Å². The second-order valence-electron chi connectivity index (χ2n) is 6.27. The summed E-state index contributed by atoms with van der Waals surface area (Å²) in [5.74, 6) is 0.514. The zero-order valence-corrected chi connectivity index (χ0v) is 15.3. The molecule has 2 aromatic heterocycles. The van der Waals surface area contributed by atoms with Crippen molar-refractivity contribution in [2.45, 2.75) is 18.9 Å². The summed E-state index contributed by atoms with van der Waals surface area (Å²) in [6.07, 6.45) is 6.21. The molecule has 1 aliphatic heterocycles. The SMILES string of the molecule is O=C(c1cnn(-c2ccccc2)n1)N1CCC(Oc2ccncc2Cl)CC1. The number of carbonyl (C=O) groups is 1. The van der Waals surface area contributed by atoms with E-state index in [-0.39, 0.29) is 12.0 Å². The molecular formula is C19H18ClN5O2. The molecule has 27 heavy (non-hydrogen) atoms. The van der Waals surface area contributed by atoms with Crippen LogP contribution in [0.25, 0.3) is 5.69 Å². The highest BCUT2D eigenvalue weighted by atomic mass is 35.5. The molecule has 1 aliphatic rings. The van der Waals surface area contributed by atoms with Crippen molar-refractivity contribution in [2.24, 2.45) is 0 Å². The fourth-order valence-electron chi connectivity index (χ4n) is 3.02. The van der Waals surface area contributed by atoms with Crippen LogP contribution < -0.4 is 4.74 Å². The van der Waals surface area contributed by atoms with E-state index >= 15 is 0 Å². The number of hydrogen-bond donors (Lipinski definition) is 0. The molecule has 138 valence electrons. The molecule has 0 saturated carbocycles. The number of para-hydroxylation sites is 1. The minimum atomic E-state index is -0.113. The lowest BCUT2D eigenvalue weighted by atomic mass is 10.1. The molecule has 8 heteroatoms. The molecule has 4 rings (SSSR count). The number of nitrogens with zero attached hydrogens (tertiary/aromatic N) is 5. The van der Waals surface area contributed by atoms with E-state index in [1.807, 2.05) is 30.3 Å². The number of aromatic nitrogens is 4. The van der Waals surface area contributed by atoms with Gasteiger partial charge in [-0.2, -0.15) is 9.90 Å². The first-order chi connectivity index (χ1) is 13.2. The van der Waals surface area contributed by atoms with Gasteiger partial charge < -0.3 is 9.64 Å². The van der Waals surface area contributed by atoms with Crippen LogP contribution in [0.4, 0.5) is 0 Å². The highest BCUT2D eigenvalue weighted by Gasteiger charge is 2.26. The average Bonchev–Trinajstić information content (AvgIpc) is 3.21. The average molecular weight is 384 g/mol. The van der Waals surface area contributed by atoms with Gasteiger partial charge in [-0.15, -0.1) is 5.10 Å². The number of rotatable bonds is 4. The van der Waals surface area contributed by atoms with Crippen molar-refractivity contribution in [3.05, 3.63) is 65.7 Å². The van der Waals surface area contributed by atoms with E-state index in [1.54, 1.807) is 23.4 Å². The van der Waals surface area contributed by atoms with Crippen LogP contribution in [0.2, 0.25) is 5.02 Å². The maximum absolute atomic E-state index is 12.7. The molecule has 7 nitrogen and oxygen atoms in total. The number of hydrogen-bond acceptors (Lipinski definition) is 5. The standard InChI is InChI=1S/C19H18ClN5O2/c20-16-12-21-9-6-18(16)27-15-7-10-24(11-8-15)19(26)17-13-22-25(23-17)14-4-2-1-3-5-14/h1-6,9,12-13,15H,7-8,10-11H2. The van der Waals surface area contributed by atoms with Crippen LogP contribution in [-0.2, 0) is 0 Å². The van der Waals surface area contributed by atoms with Crippen molar-refractivity contribution in [3.63, 3.8) is 0 Å². The van der Waals surface area contributed by atoms with E-state index < -0.39 is 0 Å². The van der Waals surface area contributed by atoms with Gasteiger partial charge in [0.25, 0.3) is 5.91 Å². The van der Waals surface area contributed by atoms with E-state index in [0.29, 0.717) is 29.6 Å². The molecule has 0 aliphatic carbocycles. The Morgan fingerprint density at radius 1 is 1.11 bits per heavy atom. The summed E-state index contributed by atoms with van der Waals surface area (Å²) in [5, 5.41) is 9.00. The molecule has 1 saturated heterocycles. The Kier molecular flexibility index (Phi) is 5.02. The summed E-state index contributed by atoms with van der Waals surface area (Å²) in [6, 6.07) is 11.3. The smallest absolute Gasteiger partial charge is 0.276 e. The van der Waals surface area contributed by atoms with Crippen LogP contribution in [-0.4, -0.2) is 50.0 Å². The molecule has 3 aromatic rings. The molecule has 3 heterocycles. The largest absolute Gasteiger partial charge is 0.489 e. The van der Waals surface area contributed by atoms with Crippen molar-refractivity contribution in [3.8, 4) is 11.4 Å². The monoisotopic (exact) mass is 383 g/mol. The van der Waals surface area contributed by atoms with Gasteiger partial charge in [0.15, 0.2) is 5.69 Å². The second kappa shape index (κ2) is 7.75. The number of piperidine rings is 1. The highest BCUT2D eigenvalue weighted by Crippen LogP contribution is 2.26. The van der Waals surface area contributed by atoms with E-state index in [9.17, 15) is 4.79 Å². The van der Waals surface area contributed by atoms with Gasteiger partial charge in [0.2, 0.25) is 0 Å². The Bertz CT molecular complexity index is 923. The van der Waals surface area contributed by atoms with E-state index in [0.717, 1.165) is 18.5 Å². The van der Waals surface area contributed by atoms with Crippen molar-refractivity contribution < 1.29 is 9.53 Å². The minimum Gasteiger partial charge on any atom is -0.489 e. The third kappa shape index (κ3) is 3.93. The third-order valence-electron chi connectivity index (χ3n) is 4.46. The van der Waals surface area contributed by atoms with Crippen molar-refractivity contribution in [2.75, 3.05) is 13.1 Å². The fourth-order valence-corrected chi connectivity index (χ4v) is 3.19. The van der Waals surface area contributed by atoms with E-state index in [4.69, 9.17) is 16.3 Å². The summed E-state index contributed by atoms with van der Waals surface area (Å²) >= 11 is 6.09. The Hall–Kier alpha value is -2.93. The number of amides is 1. The predicted molar refractivity (Wildman–Crippen MR) is 100 cm³/mol. The van der Waals surface area contributed by atoms with Gasteiger partial charge in [-0.25, -0.2) is 0 Å². The zero-order chi connectivity index (χ0) is 18.6. The highest BCUT2D eigenvalue weighted by molar-refractivity contribution is 6.31. The summed E-state index contributed by atoms with van der Waals surface area (Å²) in [6.45, 7) is 1.20. The summed E-state index contributed by atoms with van der Waals surface area (Å²) in [7, 11) is 0. The molecule has 1 amide bonds. The molecule has 0 unspecified atom stereocenters. The van der Waals surface area contributed by atoms with E-state index in [1.165, 1.54) is 11.0 Å². The number of ether oxygens (including phenoxy) is 1. The second-order valence-corrected chi connectivity index (χ2v) is 6.68. The van der Waals surface area contributed by atoms with Gasteiger partial charge in [-0.1, -0.05) is 29.8 Å². The predicted octanol–water partition coefficient (Wildman–Crippen LogP) is 3.00. The fraction of sp³-hybridized carbons (Fsp3) is 0.263. The van der Waals surface area contributed by atoms with Crippen LogP contribution in [0.3, 0.4) is 0 Å². The molecule has 1 aromatic carbocycles. The summed E-state index contributed by atoms with van der Waals surface area (Å²) in [5.41, 5.74) is 1.16. The Morgan fingerprint density at radius 2 is 1.89 bits per heavy atom. The number of benzene rings is 1. The summed E-state index contributed by atoms with van der Waals surface area (Å²) in [4.78, 5) is 19.9. The number of carbonyl (C=O) groups excluding carboxylic acids is 1. The van der Waals surface area contributed by atoms with Crippen LogP contribution >= 0.6 is 11.6 Å². The van der Waals surface area contributed by atoms with Gasteiger partial charge in [0, 0.05) is 44.4 Å². The third-order valence-corrected chi connectivity index (χ3v) is 4.74. The topological polar surface area (TPSA) is 73.1 Å². The van der Waals surface area contributed by atoms with Gasteiger partial charge >= 0.3 is 0 Å². The van der Waals surface area contributed by atoms with Crippen molar-refractivity contribution in [1.29, 1.82) is 0 Å². The zero-order valence-electron chi connectivity index (χ0n) is 14.5. The van der Waals surface area contributed by atoms with Gasteiger partial charge in [0.1, 0.15) is 16.9 Å². The van der Waals surface area contributed by atoms with Gasteiger partial charge in [-0.3, -0.25) is 9.78 Å². The molecular weight excluding hydrogens is 366 g/mol. The lowest BCUT2D eigenvalue weighted by Crippen LogP contribution is -2.42. The maximum Gasteiger partial charge on any atom is 0.276 e. The first-order valence-electron chi connectivity index (χ1n) is 8.74. The normalized spacial score (nSPS) is 14.9. The van der Waals surface area contributed by atoms with Crippen LogP contribution in [0.5, 0.6) is 5.75 Å². The molecule has 0 spiro atoms. The van der Waals surface area contributed by atoms with Crippen molar-refractivity contribution in [1.82, 2.24) is 24.9 Å². The quantitative estimate of drug-likeness (QED) is 0.692. The molecule has 0 radical (unpaired) electrons. The Balaban J connectivity index is 1.36. The first kappa shape index (κ1) is 17.5. The summed E-state index contributed by atoms with van der Waals surface area (Å²) < 4.78 is 5.94. The number of halogens is 1. The lowest BCUT2D eigenvalue weighted by Gasteiger charge is -2.31. The van der Waals surface area contributed by atoms with Crippen molar-refractivity contribution >= 4 is 17.5 Å². The molecule has 0 N–H and O–H groups in total. The Labute approximate surface area is 161 Å². The number of likely N-dealkylation sites (tertiary alicyclic amines) is 1. The number of pyridine rings is 1. The van der Waals surface area contributed by atoms with Crippen LogP contribution in [0.15, 0.2) is 55.0 Å². The molecule has 1 fully saturated rings. The molecule has 0 bridgehead atoms. The maximum atomic E-state index is 12.7. The van der Waals surface area contributed by atoms with Crippen LogP contribution in [0, 0.1) is 0 Å². The van der Waals surface area contributed by atoms with Crippen LogP contribution in [0.1, 0.15) is 23.3 Å². The Morgan fingerprint density at radius 3 is 2.63 bits per heavy atom. The minimum absolute atomic E-state index is 0.0222. The molecule has 0 atom stereocenters.